The fourth-order valence-electron chi connectivity index (χ4n) is 2.54. The molecule has 5 nitrogen and oxygen atoms in total. The number of aliphatic imine (C=N–C) groups is 1. The molecular weight excluding hydrogens is 356 g/mol. The normalized spacial score (nSPS) is 11.1. The summed E-state index contributed by atoms with van der Waals surface area (Å²) in [4.78, 5) is 18.0. The van der Waals surface area contributed by atoms with Crippen LogP contribution >= 0.6 is 11.8 Å². The minimum absolute atomic E-state index is 0.0661. The summed E-state index contributed by atoms with van der Waals surface area (Å²) in [5, 5.41) is 9.41. The third-order valence-corrected chi connectivity index (χ3v) is 4.75. The number of nitrogens with zero attached hydrogens (tertiary/aromatic N) is 1. The van der Waals surface area contributed by atoms with Crippen molar-refractivity contribution in [2.75, 3.05) is 25.9 Å². The molecule has 0 aliphatic heterocycles. The second kappa shape index (κ2) is 11.3. The number of hydrogen-bond acceptors (Lipinski definition) is 3. The van der Waals surface area contributed by atoms with Crippen molar-refractivity contribution in [3.8, 4) is 0 Å². The quantitative estimate of drug-likeness (QED) is 0.283. The van der Waals surface area contributed by atoms with E-state index < -0.39 is 0 Å². The van der Waals surface area contributed by atoms with E-state index in [-0.39, 0.29) is 5.91 Å². The Hall–Kier alpha value is -2.47. The number of carbonyl (C=O) groups is 1. The maximum atomic E-state index is 12.0. The van der Waals surface area contributed by atoms with Crippen molar-refractivity contribution < 1.29 is 4.79 Å². The van der Waals surface area contributed by atoms with Crippen LogP contribution in [0.1, 0.15) is 28.4 Å². The molecule has 0 bridgehead atoms. The van der Waals surface area contributed by atoms with Gasteiger partial charge in [0.2, 0.25) is 0 Å². The highest BCUT2D eigenvalue weighted by Crippen LogP contribution is 2.22. The van der Waals surface area contributed by atoms with E-state index >= 15 is 0 Å². The summed E-state index contributed by atoms with van der Waals surface area (Å²) < 4.78 is 0. The van der Waals surface area contributed by atoms with Crippen molar-refractivity contribution in [2.45, 2.75) is 25.3 Å². The van der Waals surface area contributed by atoms with E-state index in [0.717, 1.165) is 12.5 Å². The number of hydrogen-bond donors (Lipinski definition) is 3. The number of guanidine groups is 1. The van der Waals surface area contributed by atoms with Gasteiger partial charge in [-0.05, 0) is 49.4 Å². The van der Waals surface area contributed by atoms with Crippen LogP contribution in [0.15, 0.2) is 58.4 Å². The number of nitrogens with one attached hydrogen (secondary N) is 3. The highest BCUT2D eigenvalue weighted by Gasteiger charge is 2.05. The molecule has 3 N–H and O–H groups in total. The molecule has 0 atom stereocenters. The zero-order valence-electron chi connectivity index (χ0n) is 16.2. The number of benzene rings is 2. The van der Waals surface area contributed by atoms with Crippen molar-refractivity contribution in [3.05, 3.63) is 65.2 Å². The first-order valence-electron chi connectivity index (χ1n) is 9.13. The molecule has 2 rings (SSSR count). The van der Waals surface area contributed by atoms with Gasteiger partial charge in [-0.2, -0.15) is 0 Å². The van der Waals surface area contributed by atoms with Crippen LogP contribution in [0.5, 0.6) is 0 Å². The summed E-state index contributed by atoms with van der Waals surface area (Å²) >= 11 is 1.74. The second-order valence-corrected chi connectivity index (χ2v) is 6.91. The molecule has 0 saturated carbocycles. The summed E-state index contributed by atoms with van der Waals surface area (Å²) in [5.41, 5.74) is 3.14. The molecule has 2 aromatic carbocycles. The molecule has 0 unspecified atom stereocenters. The fourth-order valence-corrected chi connectivity index (χ4v) is 3.24. The van der Waals surface area contributed by atoms with Gasteiger partial charge in [0.05, 0.1) is 6.54 Å². The number of rotatable bonds is 8. The minimum Gasteiger partial charge on any atom is -0.357 e. The monoisotopic (exact) mass is 384 g/mol. The van der Waals surface area contributed by atoms with Gasteiger partial charge < -0.3 is 16.0 Å². The second-order valence-electron chi connectivity index (χ2n) is 6.06. The number of carbonyl (C=O) groups excluding carboxylic acids is 1. The van der Waals surface area contributed by atoms with Crippen molar-refractivity contribution >= 4 is 23.6 Å². The molecule has 0 fully saturated rings. The average Bonchev–Trinajstić information content (AvgIpc) is 2.70. The lowest BCUT2D eigenvalue weighted by Gasteiger charge is -2.13. The Morgan fingerprint density at radius 2 is 1.78 bits per heavy atom. The maximum Gasteiger partial charge on any atom is 0.251 e. The predicted molar refractivity (Wildman–Crippen MR) is 115 cm³/mol. The lowest BCUT2D eigenvalue weighted by Crippen LogP contribution is -2.41. The molecule has 0 heterocycles. The zero-order valence-corrected chi connectivity index (χ0v) is 17.0. The molecule has 0 radical (unpaired) electrons. The van der Waals surface area contributed by atoms with E-state index in [1.54, 1.807) is 23.9 Å². The number of aryl methyl sites for hydroxylation is 1. The Balaban J connectivity index is 1.86. The predicted octanol–water partition coefficient (Wildman–Crippen LogP) is 3.20. The molecule has 0 aromatic heterocycles. The fraction of sp³-hybridized carbons (Fsp3) is 0.333. The van der Waals surface area contributed by atoms with Crippen molar-refractivity contribution in [3.63, 3.8) is 0 Å². The molecular formula is C21H28N4OS. The number of amides is 1. The first kappa shape index (κ1) is 20.8. The molecule has 2 aromatic rings. The van der Waals surface area contributed by atoms with Gasteiger partial charge in [0, 0.05) is 30.1 Å². The molecule has 1 amide bonds. The average molecular weight is 385 g/mol. The standard InChI is InChI=1S/C21H28N4OS/c1-4-22-21(25-15-18-11-10-16(2)14-19(18)27-3)24-13-12-23-20(26)17-8-6-5-7-9-17/h5-11,14H,4,12-13,15H2,1-3H3,(H,23,26)(H2,22,24,25). The topological polar surface area (TPSA) is 65.5 Å². The first-order chi connectivity index (χ1) is 13.1. The Kier molecular flexibility index (Phi) is 8.71. The third-order valence-electron chi connectivity index (χ3n) is 3.93. The van der Waals surface area contributed by atoms with Crippen molar-refractivity contribution in [1.29, 1.82) is 0 Å². The van der Waals surface area contributed by atoms with E-state index in [1.165, 1.54) is 16.0 Å². The van der Waals surface area contributed by atoms with Gasteiger partial charge in [-0.25, -0.2) is 4.99 Å². The minimum atomic E-state index is -0.0661. The molecule has 27 heavy (non-hydrogen) atoms. The van der Waals surface area contributed by atoms with E-state index in [1.807, 2.05) is 25.1 Å². The molecule has 6 heteroatoms. The van der Waals surface area contributed by atoms with Crippen LogP contribution in [0.25, 0.3) is 0 Å². The van der Waals surface area contributed by atoms with Gasteiger partial charge >= 0.3 is 0 Å². The lowest BCUT2D eigenvalue weighted by atomic mass is 10.1. The lowest BCUT2D eigenvalue weighted by molar-refractivity contribution is 0.0954. The summed E-state index contributed by atoms with van der Waals surface area (Å²) in [6, 6.07) is 15.7. The summed E-state index contributed by atoms with van der Waals surface area (Å²) in [6.45, 7) is 6.66. The van der Waals surface area contributed by atoms with Crippen LogP contribution in [0.3, 0.4) is 0 Å². The third kappa shape index (κ3) is 6.98. The van der Waals surface area contributed by atoms with Gasteiger partial charge in [-0.1, -0.05) is 30.3 Å². The zero-order chi connectivity index (χ0) is 19.5. The SMILES string of the molecule is CCNC(=NCc1ccc(C)cc1SC)NCCNC(=O)c1ccccc1. The van der Waals surface area contributed by atoms with Crippen LogP contribution in [0.4, 0.5) is 0 Å². The first-order valence-corrected chi connectivity index (χ1v) is 10.4. The van der Waals surface area contributed by atoms with E-state index in [0.29, 0.717) is 25.2 Å². The molecule has 0 spiro atoms. The van der Waals surface area contributed by atoms with Crippen LogP contribution in [-0.4, -0.2) is 37.8 Å². The highest BCUT2D eigenvalue weighted by atomic mass is 32.2. The summed E-state index contributed by atoms with van der Waals surface area (Å²) in [6.07, 6.45) is 2.08. The summed E-state index contributed by atoms with van der Waals surface area (Å²) in [7, 11) is 0. The summed E-state index contributed by atoms with van der Waals surface area (Å²) in [5.74, 6) is 0.683. The van der Waals surface area contributed by atoms with E-state index in [2.05, 4.69) is 52.3 Å². The van der Waals surface area contributed by atoms with Gasteiger partial charge in [0.1, 0.15) is 0 Å². The van der Waals surface area contributed by atoms with Crippen LogP contribution in [0, 0.1) is 6.92 Å². The van der Waals surface area contributed by atoms with Crippen molar-refractivity contribution in [2.24, 2.45) is 4.99 Å². The highest BCUT2D eigenvalue weighted by molar-refractivity contribution is 7.98. The largest absolute Gasteiger partial charge is 0.357 e. The Labute approximate surface area is 166 Å². The van der Waals surface area contributed by atoms with Gasteiger partial charge in [-0.15, -0.1) is 11.8 Å². The van der Waals surface area contributed by atoms with Crippen LogP contribution in [0.2, 0.25) is 0 Å². The van der Waals surface area contributed by atoms with E-state index in [9.17, 15) is 4.79 Å². The van der Waals surface area contributed by atoms with Gasteiger partial charge in [0.25, 0.3) is 5.91 Å². The Morgan fingerprint density at radius 1 is 1.04 bits per heavy atom. The van der Waals surface area contributed by atoms with Gasteiger partial charge in [0.15, 0.2) is 5.96 Å². The number of thioether (sulfide) groups is 1. The molecule has 0 aliphatic carbocycles. The van der Waals surface area contributed by atoms with Crippen LogP contribution < -0.4 is 16.0 Å². The van der Waals surface area contributed by atoms with Crippen LogP contribution in [-0.2, 0) is 6.54 Å². The van der Waals surface area contributed by atoms with Gasteiger partial charge in [-0.3, -0.25) is 4.79 Å². The smallest absolute Gasteiger partial charge is 0.251 e. The molecule has 0 aliphatic rings. The van der Waals surface area contributed by atoms with Crippen molar-refractivity contribution in [1.82, 2.24) is 16.0 Å². The maximum absolute atomic E-state index is 12.0. The van der Waals surface area contributed by atoms with E-state index in [4.69, 9.17) is 0 Å². The molecule has 144 valence electrons. The Bertz CT molecular complexity index is 762. The molecule has 0 saturated heterocycles. The Morgan fingerprint density at radius 3 is 2.48 bits per heavy atom.